The van der Waals surface area contributed by atoms with E-state index in [4.69, 9.17) is 23.2 Å². The van der Waals surface area contributed by atoms with Gasteiger partial charge in [-0.15, -0.1) is 0 Å². The van der Waals surface area contributed by atoms with Crippen LogP contribution in [0.4, 0.5) is 5.69 Å². The van der Waals surface area contributed by atoms with E-state index in [1.165, 1.54) is 30.3 Å². The van der Waals surface area contributed by atoms with Gasteiger partial charge in [-0.2, -0.15) is 0 Å². The fourth-order valence-corrected chi connectivity index (χ4v) is 4.74. The third-order valence-corrected chi connectivity index (χ3v) is 6.06. The highest BCUT2D eigenvalue weighted by atomic mass is 35.5. The number of carbonyl (C=O) groups is 1. The first kappa shape index (κ1) is 19.2. The van der Waals surface area contributed by atoms with Crippen molar-refractivity contribution in [3.63, 3.8) is 0 Å². The Morgan fingerprint density at radius 2 is 1.48 bits per heavy atom. The highest BCUT2D eigenvalue weighted by Crippen LogP contribution is 2.32. The number of carboxylic acid groups (broad SMARTS) is 1. The number of anilines is 1. The van der Waals surface area contributed by atoms with Crippen LogP contribution in [0.1, 0.15) is 10.4 Å². The van der Waals surface area contributed by atoms with Gasteiger partial charge in [-0.1, -0.05) is 59.6 Å². The molecule has 2 N–H and O–H groups in total. The van der Waals surface area contributed by atoms with E-state index in [0.717, 1.165) is 5.56 Å². The van der Waals surface area contributed by atoms with Crippen LogP contribution in [-0.4, -0.2) is 19.5 Å². The van der Waals surface area contributed by atoms with Crippen LogP contribution in [0.15, 0.2) is 71.6 Å². The highest BCUT2D eigenvalue weighted by Gasteiger charge is 2.22. The van der Waals surface area contributed by atoms with Crippen molar-refractivity contribution in [3.8, 4) is 11.1 Å². The second kappa shape index (κ2) is 7.60. The molecule has 0 aliphatic heterocycles. The number of benzene rings is 3. The molecule has 27 heavy (non-hydrogen) atoms. The van der Waals surface area contributed by atoms with Crippen LogP contribution >= 0.6 is 23.2 Å². The number of carboxylic acids is 1. The van der Waals surface area contributed by atoms with Gasteiger partial charge in [0.1, 0.15) is 4.90 Å². The zero-order valence-electron chi connectivity index (χ0n) is 13.7. The molecule has 8 heteroatoms. The van der Waals surface area contributed by atoms with Crippen molar-refractivity contribution in [3.05, 3.63) is 82.3 Å². The number of rotatable bonds is 5. The molecule has 0 amide bonds. The van der Waals surface area contributed by atoms with E-state index in [1.54, 1.807) is 30.3 Å². The van der Waals surface area contributed by atoms with Crippen LogP contribution in [-0.2, 0) is 10.0 Å². The number of hydrogen-bond donors (Lipinski definition) is 2. The molecule has 0 bridgehead atoms. The normalized spacial score (nSPS) is 11.2. The maximum atomic E-state index is 12.7. The summed E-state index contributed by atoms with van der Waals surface area (Å²) in [4.78, 5) is 11.2. The van der Waals surface area contributed by atoms with E-state index in [2.05, 4.69) is 4.72 Å². The van der Waals surface area contributed by atoms with E-state index in [9.17, 15) is 18.3 Å². The SMILES string of the molecule is O=C(O)c1cc(NS(=O)(=O)c2c(Cl)cccc2Cl)cc(-c2ccccc2)c1. The van der Waals surface area contributed by atoms with Crippen LogP contribution in [0, 0.1) is 0 Å². The van der Waals surface area contributed by atoms with Crippen molar-refractivity contribution in [1.29, 1.82) is 0 Å². The van der Waals surface area contributed by atoms with Crippen LogP contribution in [0.2, 0.25) is 10.0 Å². The first-order chi connectivity index (χ1) is 12.8. The first-order valence-corrected chi connectivity index (χ1v) is 9.92. The van der Waals surface area contributed by atoms with Gasteiger partial charge in [0.25, 0.3) is 10.0 Å². The molecule has 3 aromatic rings. The molecule has 5 nitrogen and oxygen atoms in total. The monoisotopic (exact) mass is 421 g/mol. The molecule has 0 aromatic heterocycles. The second-order valence-corrected chi connectivity index (χ2v) is 8.06. The molecule has 0 radical (unpaired) electrons. The molecular weight excluding hydrogens is 409 g/mol. The zero-order chi connectivity index (χ0) is 19.6. The van der Waals surface area contributed by atoms with Crippen LogP contribution in [0.5, 0.6) is 0 Å². The fourth-order valence-electron chi connectivity index (χ4n) is 2.55. The first-order valence-electron chi connectivity index (χ1n) is 7.68. The predicted molar refractivity (Wildman–Crippen MR) is 106 cm³/mol. The third-order valence-electron chi connectivity index (χ3n) is 3.73. The highest BCUT2D eigenvalue weighted by molar-refractivity contribution is 7.93. The van der Waals surface area contributed by atoms with E-state index >= 15 is 0 Å². The largest absolute Gasteiger partial charge is 0.478 e. The lowest BCUT2D eigenvalue weighted by Crippen LogP contribution is -2.14. The van der Waals surface area contributed by atoms with E-state index in [0.29, 0.717) is 5.56 Å². The topological polar surface area (TPSA) is 83.5 Å². The minimum Gasteiger partial charge on any atom is -0.478 e. The molecule has 0 atom stereocenters. The van der Waals surface area contributed by atoms with Gasteiger partial charge in [0, 0.05) is 0 Å². The van der Waals surface area contributed by atoms with Crippen LogP contribution < -0.4 is 4.72 Å². The molecule has 0 heterocycles. The van der Waals surface area contributed by atoms with Gasteiger partial charge in [-0.05, 0) is 41.5 Å². The molecule has 0 fully saturated rings. The molecule has 0 saturated carbocycles. The van der Waals surface area contributed by atoms with Crippen LogP contribution in [0.3, 0.4) is 0 Å². The molecule has 3 aromatic carbocycles. The van der Waals surface area contributed by atoms with Crippen molar-refractivity contribution >= 4 is 44.9 Å². The van der Waals surface area contributed by atoms with E-state index in [-0.39, 0.29) is 26.2 Å². The Balaban J connectivity index is 2.09. The van der Waals surface area contributed by atoms with E-state index < -0.39 is 16.0 Å². The van der Waals surface area contributed by atoms with Gasteiger partial charge in [0.05, 0.1) is 21.3 Å². The average Bonchev–Trinajstić information content (AvgIpc) is 2.61. The van der Waals surface area contributed by atoms with Gasteiger partial charge >= 0.3 is 5.97 Å². The Hall–Kier alpha value is -2.54. The summed E-state index contributed by atoms with van der Waals surface area (Å²) < 4.78 is 27.9. The van der Waals surface area contributed by atoms with Crippen LogP contribution in [0.25, 0.3) is 11.1 Å². The third kappa shape index (κ3) is 4.24. The number of halogens is 2. The Kier molecular flexibility index (Phi) is 5.41. The van der Waals surface area contributed by atoms with Gasteiger partial charge < -0.3 is 5.11 Å². The Morgan fingerprint density at radius 3 is 2.07 bits per heavy atom. The average molecular weight is 422 g/mol. The fraction of sp³-hybridized carbons (Fsp3) is 0. The van der Waals surface area contributed by atoms with Crippen molar-refractivity contribution < 1.29 is 18.3 Å². The molecule has 0 saturated heterocycles. The summed E-state index contributed by atoms with van der Waals surface area (Å²) in [6, 6.07) is 17.6. The number of aromatic carboxylic acids is 1. The molecule has 0 aliphatic rings. The van der Waals surface area contributed by atoms with Crippen molar-refractivity contribution in [2.45, 2.75) is 4.90 Å². The maximum Gasteiger partial charge on any atom is 0.335 e. The Labute approximate surface area is 166 Å². The molecular formula is C19H13Cl2NO4S. The Bertz CT molecular complexity index is 1100. The lowest BCUT2D eigenvalue weighted by Gasteiger charge is -2.13. The standard InChI is InChI=1S/C19H13Cl2NO4S/c20-16-7-4-8-17(21)18(16)27(25,26)22-15-10-13(9-14(11-15)19(23)24)12-5-2-1-3-6-12/h1-11,22H,(H,23,24). The summed E-state index contributed by atoms with van der Waals surface area (Å²) in [6.45, 7) is 0. The minimum absolute atomic E-state index is 0.0346. The number of sulfonamides is 1. The minimum atomic E-state index is -4.12. The maximum absolute atomic E-state index is 12.7. The summed E-state index contributed by atoms with van der Waals surface area (Å²) in [5, 5.41) is 9.30. The lowest BCUT2D eigenvalue weighted by molar-refractivity contribution is 0.0697. The summed E-state index contributed by atoms with van der Waals surface area (Å²) in [6.07, 6.45) is 0. The van der Waals surface area contributed by atoms with Crippen molar-refractivity contribution in [2.24, 2.45) is 0 Å². The predicted octanol–water partition coefficient (Wildman–Crippen LogP) is 5.16. The molecule has 0 aliphatic carbocycles. The molecule has 138 valence electrons. The summed E-state index contributed by atoms with van der Waals surface area (Å²) in [5.41, 5.74) is 1.33. The molecule has 0 unspecified atom stereocenters. The smallest absolute Gasteiger partial charge is 0.335 e. The number of hydrogen-bond acceptors (Lipinski definition) is 3. The summed E-state index contributed by atoms with van der Waals surface area (Å²) in [7, 11) is -4.12. The lowest BCUT2D eigenvalue weighted by atomic mass is 10.0. The van der Waals surface area contributed by atoms with Gasteiger partial charge in [-0.25, -0.2) is 13.2 Å². The van der Waals surface area contributed by atoms with E-state index in [1.807, 2.05) is 6.07 Å². The Morgan fingerprint density at radius 1 is 0.852 bits per heavy atom. The molecule has 3 rings (SSSR count). The number of nitrogens with one attached hydrogen (secondary N) is 1. The van der Waals surface area contributed by atoms with Crippen molar-refractivity contribution in [1.82, 2.24) is 0 Å². The van der Waals surface area contributed by atoms with Gasteiger partial charge in [0.15, 0.2) is 0 Å². The quantitative estimate of drug-likeness (QED) is 0.595. The molecule has 0 spiro atoms. The van der Waals surface area contributed by atoms with Gasteiger partial charge in [-0.3, -0.25) is 4.72 Å². The van der Waals surface area contributed by atoms with Crippen molar-refractivity contribution in [2.75, 3.05) is 4.72 Å². The van der Waals surface area contributed by atoms with Gasteiger partial charge in [0.2, 0.25) is 0 Å². The summed E-state index contributed by atoms with van der Waals surface area (Å²) in [5.74, 6) is -1.18. The zero-order valence-corrected chi connectivity index (χ0v) is 16.0. The second-order valence-electron chi connectivity index (χ2n) is 5.63. The summed E-state index contributed by atoms with van der Waals surface area (Å²) >= 11 is 12.0.